The number of nitrogens with zero attached hydrogens (tertiary/aromatic N) is 2. The quantitative estimate of drug-likeness (QED) is 0.162. The van der Waals surface area contributed by atoms with E-state index in [-0.39, 0.29) is 0 Å². The van der Waals surface area contributed by atoms with Crippen LogP contribution >= 0.6 is 0 Å². The smallest absolute Gasteiger partial charge is 0.0726 e. The molecule has 0 radical (unpaired) electrons. The first-order valence-electron chi connectivity index (χ1n) is 24.4. The van der Waals surface area contributed by atoms with Crippen LogP contribution < -0.4 is 4.90 Å². The highest BCUT2D eigenvalue weighted by Gasteiger charge is 2.52. The van der Waals surface area contributed by atoms with E-state index in [1.165, 1.54) is 79.2 Å². The fraction of sp³-hybridized carbons (Fsp3) is 0.213. The lowest BCUT2D eigenvalue weighted by Gasteiger charge is -2.33. The molecule has 2 saturated carbocycles. The minimum atomic E-state index is -0.623. The molecule has 1 spiro atoms. The molecular weight excluding hydrogens is 761 g/mol. The summed E-state index contributed by atoms with van der Waals surface area (Å²) in [5, 5.41) is 2.50. The van der Waals surface area contributed by atoms with Crippen LogP contribution in [0.4, 0.5) is 17.1 Å². The van der Waals surface area contributed by atoms with Crippen LogP contribution in [0.5, 0.6) is 0 Å². The van der Waals surface area contributed by atoms with Crippen LogP contribution in [-0.4, -0.2) is 4.57 Å². The molecule has 13 rings (SSSR count). The Morgan fingerprint density at radius 3 is 1.52 bits per heavy atom. The molecule has 0 amide bonds. The Hall–Kier alpha value is -6.64. The highest BCUT2D eigenvalue weighted by Crippen LogP contribution is 2.64. The summed E-state index contributed by atoms with van der Waals surface area (Å²) in [5.74, 6) is -1.20. The zero-order valence-electron chi connectivity index (χ0n) is 37.8. The molecule has 0 bridgehead atoms. The van der Waals surface area contributed by atoms with Crippen molar-refractivity contribution in [1.82, 2.24) is 4.57 Å². The van der Waals surface area contributed by atoms with Gasteiger partial charge in [-0.3, -0.25) is 0 Å². The van der Waals surface area contributed by atoms with Gasteiger partial charge in [0.1, 0.15) is 0 Å². The molecule has 63 heavy (non-hydrogen) atoms. The zero-order chi connectivity index (χ0) is 43.3. The van der Waals surface area contributed by atoms with Crippen molar-refractivity contribution < 1.29 is 2.74 Å². The van der Waals surface area contributed by atoms with Crippen molar-refractivity contribution in [2.45, 2.75) is 81.4 Å². The van der Waals surface area contributed by atoms with Gasteiger partial charge in [0.25, 0.3) is 0 Å². The molecule has 2 fully saturated rings. The summed E-state index contributed by atoms with van der Waals surface area (Å²) in [6.07, 6.45) is 10.4. The number of para-hydroxylation sites is 3. The average Bonchev–Trinajstić information content (AvgIpc) is 3.96. The Morgan fingerprint density at radius 2 is 0.889 bits per heavy atom. The van der Waals surface area contributed by atoms with Crippen molar-refractivity contribution in [1.29, 1.82) is 0 Å². The lowest BCUT2D eigenvalue weighted by Crippen LogP contribution is -2.27. The Balaban J connectivity index is 1.06. The third kappa shape index (κ3) is 5.63. The number of hydrogen-bond acceptors (Lipinski definition) is 1. The van der Waals surface area contributed by atoms with Crippen molar-refractivity contribution >= 4 is 38.9 Å². The van der Waals surface area contributed by atoms with E-state index in [4.69, 9.17) is 0 Å². The van der Waals surface area contributed by atoms with Gasteiger partial charge in [0, 0.05) is 36.3 Å². The predicted octanol–water partition coefficient (Wildman–Crippen LogP) is 16.7. The van der Waals surface area contributed by atoms with Gasteiger partial charge in [-0.1, -0.05) is 166 Å². The van der Waals surface area contributed by atoms with Crippen molar-refractivity contribution in [3.05, 3.63) is 215 Å². The predicted molar refractivity (Wildman–Crippen MR) is 263 cm³/mol. The zero-order valence-corrected chi connectivity index (χ0v) is 35.8. The lowest BCUT2D eigenvalue weighted by atomic mass is 9.69. The molecule has 0 aliphatic heterocycles. The standard InChI is InChI=1S/C61H52N2/c1-4-17-41(18-5-1)43-31-34-50-51-35-32-44(42-19-6-2-7-20-42)38-57(51)61(56(50)37-43)55-28-13-10-25-49(55)52-36-33-48(40-58(52)61)62(45-21-8-3-9-22-45)46-23-16-24-47(39-46)63-59-29-14-11-26-53(59)54-27-12-15-30-60(54)63/h3,8-16,21-42H,1-2,4-7,17-20H2/i41D,42D. The summed E-state index contributed by atoms with van der Waals surface area (Å²) in [6, 6.07) is 67.8. The first-order chi connectivity index (χ1) is 31.9. The molecule has 306 valence electrons. The SMILES string of the molecule is [2H]C1(c2ccc3c(c2)C2(c4ccccc4-c4ccc(N(c5ccccc5)c5cccc(-n6c7ccccc7c7ccccc76)c5)cc42)c2cc(C4([2H])CCCCC4)ccc2-3)CCCCC1. The van der Waals surface area contributed by atoms with Gasteiger partial charge in [-0.25, -0.2) is 0 Å². The molecule has 8 aromatic carbocycles. The van der Waals surface area contributed by atoms with E-state index in [0.29, 0.717) is 0 Å². The largest absolute Gasteiger partial charge is 0.310 e. The van der Waals surface area contributed by atoms with Gasteiger partial charge in [-0.05, 0) is 148 Å². The molecule has 1 heterocycles. The fourth-order valence-electron chi connectivity index (χ4n) is 12.3. The maximum absolute atomic E-state index is 9.93. The van der Waals surface area contributed by atoms with Crippen LogP contribution in [0.3, 0.4) is 0 Å². The number of rotatable bonds is 6. The first kappa shape index (κ1) is 34.9. The van der Waals surface area contributed by atoms with E-state index in [0.717, 1.165) is 85.2 Å². The number of hydrogen-bond donors (Lipinski definition) is 0. The number of fused-ring (bicyclic) bond motifs is 13. The van der Waals surface area contributed by atoms with Gasteiger partial charge < -0.3 is 9.47 Å². The van der Waals surface area contributed by atoms with E-state index in [2.05, 4.69) is 191 Å². The van der Waals surface area contributed by atoms with E-state index >= 15 is 0 Å². The third-order valence-corrected chi connectivity index (χ3v) is 15.1. The molecule has 0 N–H and O–H groups in total. The Kier molecular flexibility index (Phi) is 8.16. The van der Waals surface area contributed by atoms with Gasteiger partial charge in [-0.2, -0.15) is 0 Å². The van der Waals surface area contributed by atoms with E-state index in [1.807, 2.05) is 0 Å². The maximum Gasteiger partial charge on any atom is 0.0726 e. The molecule has 2 nitrogen and oxygen atoms in total. The summed E-state index contributed by atoms with van der Waals surface area (Å²) < 4.78 is 22.3. The third-order valence-electron chi connectivity index (χ3n) is 15.1. The Morgan fingerprint density at radius 1 is 0.397 bits per heavy atom. The normalized spacial score (nSPS) is 18.0. The van der Waals surface area contributed by atoms with E-state index < -0.39 is 17.2 Å². The minimum absolute atomic E-state index is 0.601. The molecule has 2 heteroatoms. The highest BCUT2D eigenvalue weighted by molar-refractivity contribution is 6.09. The number of benzene rings is 8. The summed E-state index contributed by atoms with van der Waals surface area (Å²) in [5.41, 5.74) is 18.6. The minimum Gasteiger partial charge on any atom is -0.310 e. The maximum atomic E-state index is 9.93. The molecule has 0 atom stereocenters. The van der Waals surface area contributed by atoms with Crippen LogP contribution in [0.25, 0.3) is 49.7 Å². The first-order valence-corrected chi connectivity index (χ1v) is 23.4. The Bertz CT molecular complexity index is 3200. The van der Waals surface area contributed by atoms with Crippen LogP contribution in [0.15, 0.2) is 182 Å². The second-order valence-electron chi connectivity index (χ2n) is 18.4. The van der Waals surface area contributed by atoms with Crippen LogP contribution in [-0.2, 0) is 5.41 Å². The molecule has 0 saturated heterocycles. The Labute approximate surface area is 374 Å². The summed E-state index contributed by atoms with van der Waals surface area (Å²) >= 11 is 0. The number of aromatic nitrogens is 1. The van der Waals surface area contributed by atoms with Gasteiger partial charge in [0.2, 0.25) is 0 Å². The van der Waals surface area contributed by atoms with Gasteiger partial charge in [-0.15, -0.1) is 0 Å². The molecule has 4 aliphatic carbocycles. The summed E-state index contributed by atoms with van der Waals surface area (Å²) in [4.78, 5) is 2.43. The second-order valence-corrected chi connectivity index (χ2v) is 18.4. The lowest BCUT2D eigenvalue weighted by molar-refractivity contribution is 0.443. The summed E-state index contributed by atoms with van der Waals surface area (Å²) in [6.45, 7) is 0. The summed E-state index contributed by atoms with van der Waals surface area (Å²) in [7, 11) is 0. The van der Waals surface area contributed by atoms with Crippen molar-refractivity contribution in [3.63, 3.8) is 0 Å². The van der Waals surface area contributed by atoms with E-state index in [1.54, 1.807) is 0 Å². The topological polar surface area (TPSA) is 8.17 Å². The van der Waals surface area contributed by atoms with Crippen molar-refractivity contribution in [2.24, 2.45) is 0 Å². The monoisotopic (exact) mass is 814 g/mol. The molecule has 0 unspecified atom stereocenters. The highest BCUT2D eigenvalue weighted by atomic mass is 15.1. The second kappa shape index (κ2) is 14.7. The van der Waals surface area contributed by atoms with Gasteiger partial charge in [0.15, 0.2) is 0 Å². The molecular formula is C61H52N2. The van der Waals surface area contributed by atoms with Crippen molar-refractivity contribution in [3.8, 4) is 27.9 Å². The van der Waals surface area contributed by atoms with Gasteiger partial charge in [0.05, 0.1) is 16.4 Å². The number of anilines is 3. The molecule has 4 aliphatic rings. The van der Waals surface area contributed by atoms with E-state index in [9.17, 15) is 2.74 Å². The van der Waals surface area contributed by atoms with Crippen molar-refractivity contribution in [2.75, 3.05) is 4.90 Å². The average molecular weight is 815 g/mol. The van der Waals surface area contributed by atoms with Crippen LogP contribution in [0.1, 0.15) is 112 Å². The molecule has 9 aromatic rings. The molecule has 1 aromatic heterocycles. The fourth-order valence-corrected chi connectivity index (χ4v) is 12.3. The van der Waals surface area contributed by atoms with Gasteiger partial charge >= 0.3 is 0 Å². The van der Waals surface area contributed by atoms with Crippen LogP contribution in [0.2, 0.25) is 0 Å². The van der Waals surface area contributed by atoms with Crippen LogP contribution in [0, 0.1) is 0 Å².